The van der Waals surface area contributed by atoms with Crippen LogP contribution in [-0.2, 0) is 4.79 Å². The van der Waals surface area contributed by atoms with E-state index in [1.807, 2.05) is 55.2 Å². The average Bonchev–Trinajstić information content (AvgIpc) is 3.49. The maximum Gasteiger partial charge on any atom is 0.348 e. The van der Waals surface area contributed by atoms with Gasteiger partial charge in [0.2, 0.25) is 5.91 Å². The molecule has 0 bridgehead atoms. The first-order valence-corrected chi connectivity index (χ1v) is 15.5. The van der Waals surface area contributed by atoms with Crippen LogP contribution in [0.5, 0.6) is 0 Å². The summed E-state index contributed by atoms with van der Waals surface area (Å²) in [5, 5.41) is 10.6. The molecule has 5 nitrogen and oxygen atoms in total. The average molecular weight is 545 g/mol. The van der Waals surface area contributed by atoms with Crippen molar-refractivity contribution in [3.8, 4) is 11.8 Å². The van der Waals surface area contributed by atoms with Gasteiger partial charge in [-0.25, -0.2) is 4.79 Å². The molecule has 2 heterocycles. The number of thioether (sulfide) groups is 1. The lowest BCUT2D eigenvalue weighted by Crippen LogP contribution is -2.46. The summed E-state index contributed by atoms with van der Waals surface area (Å²) in [6.45, 7) is 8.36. The molecule has 0 aliphatic heterocycles. The largest absolute Gasteiger partial charge is 0.477 e. The van der Waals surface area contributed by atoms with Gasteiger partial charge in [0, 0.05) is 22.6 Å². The van der Waals surface area contributed by atoms with E-state index in [0.29, 0.717) is 21.7 Å². The molecule has 4 rings (SSSR count). The van der Waals surface area contributed by atoms with E-state index in [2.05, 4.69) is 23.7 Å². The monoisotopic (exact) mass is 544 g/mol. The van der Waals surface area contributed by atoms with Crippen LogP contribution in [0, 0.1) is 29.1 Å². The van der Waals surface area contributed by atoms with E-state index in [1.54, 1.807) is 11.3 Å². The number of hydrogen-bond acceptors (Lipinski definition) is 6. The van der Waals surface area contributed by atoms with Gasteiger partial charge in [-0.2, -0.15) is 0 Å². The molecule has 194 valence electrons. The standard InChI is InChI=1S/C28H36N2O3S3/c1-18-5-7-19(8-6-18)26(31)30(20-9-11-21(12-10-20)35-24-16-29-17-34-24)23-15-22(13-14-28(2,3)4)36-25(23)27(32)33/h15-21H,5-12H2,1-4H3,(H,32,33). The van der Waals surface area contributed by atoms with E-state index in [9.17, 15) is 14.7 Å². The van der Waals surface area contributed by atoms with E-state index in [0.717, 1.165) is 51.4 Å². The van der Waals surface area contributed by atoms with E-state index < -0.39 is 5.97 Å². The minimum Gasteiger partial charge on any atom is -0.477 e. The van der Waals surface area contributed by atoms with Gasteiger partial charge < -0.3 is 10.0 Å². The fraction of sp³-hybridized carbons (Fsp3) is 0.607. The Morgan fingerprint density at radius 2 is 1.81 bits per heavy atom. The number of carboxylic acids is 1. The molecule has 0 aromatic carbocycles. The number of thiazole rings is 1. The molecule has 0 spiro atoms. The molecule has 0 radical (unpaired) electrons. The van der Waals surface area contributed by atoms with Crippen molar-refractivity contribution in [2.24, 2.45) is 17.3 Å². The molecule has 2 fully saturated rings. The topological polar surface area (TPSA) is 70.5 Å². The molecular formula is C28H36N2O3S3. The third kappa shape index (κ3) is 6.93. The number of aromatic carboxylic acids is 1. The second-order valence-corrected chi connectivity index (χ2v) is 14.7. The van der Waals surface area contributed by atoms with Gasteiger partial charge in [-0.1, -0.05) is 18.8 Å². The third-order valence-corrected chi connectivity index (χ3v) is 10.3. The number of nitrogens with zero attached hydrogens (tertiary/aromatic N) is 2. The van der Waals surface area contributed by atoms with Crippen LogP contribution >= 0.6 is 34.4 Å². The molecule has 2 saturated carbocycles. The molecule has 2 aliphatic rings. The number of carboxylic acid groups (broad SMARTS) is 1. The minimum absolute atomic E-state index is 0.0197. The van der Waals surface area contributed by atoms with Gasteiger partial charge in [-0.15, -0.1) is 34.4 Å². The van der Waals surface area contributed by atoms with E-state index >= 15 is 0 Å². The molecule has 0 atom stereocenters. The summed E-state index contributed by atoms with van der Waals surface area (Å²) in [7, 11) is 0. The van der Waals surface area contributed by atoms with Gasteiger partial charge in [0.1, 0.15) is 4.88 Å². The summed E-state index contributed by atoms with van der Waals surface area (Å²) in [6, 6.07) is 1.88. The van der Waals surface area contributed by atoms with Gasteiger partial charge in [0.25, 0.3) is 0 Å². The number of carbonyl (C=O) groups excluding carboxylic acids is 1. The summed E-state index contributed by atoms with van der Waals surface area (Å²) in [5.74, 6) is 6.13. The van der Waals surface area contributed by atoms with Crippen molar-refractivity contribution in [1.29, 1.82) is 0 Å². The zero-order valence-electron chi connectivity index (χ0n) is 21.6. The van der Waals surface area contributed by atoms with Gasteiger partial charge in [0.15, 0.2) is 0 Å². The molecule has 2 aliphatic carbocycles. The fourth-order valence-electron chi connectivity index (χ4n) is 5.07. The van der Waals surface area contributed by atoms with E-state index in [-0.39, 0.29) is 28.2 Å². The third-order valence-electron chi connectivity index (χ3n) is 7.03. The van der Waals surface area contributed by atoms with Crippen molar-refractivity contribution in [2.75, 3.05) is 4.90 Å². The quantitative estimate of drug-likeness (QED) is 0.380. The minimum atomic E-state index is -0.983. The first-order valence-electron chi connectivity index (χ1n) is 12.9. The Labute approximate surface area is 227 Å². The maximum absolute atomic E-state index is 14.0. The van der Waals surface area contributed by atoms with Crippen LogP contribution in [0.1, 0.15) is 93.6 Å². The predicted octanol–water partition coefficient (Wildman–Crippen LogP) is 7.56. The first-order chi connectivity index (χ1) is 17.1. The van der Waals surface area contributed by atoms with E-state index in [4.69, 9.17) is 0 Å². The number of thiophene rings is 1. The highest BCUT2D eigenvalue weighted by Gasteiger charge is 2.37. The van der Waals surface area contributed by atoms with Gasteiger partial charge in [-0.05, 0) is 84.1 Å². The smallest absolute Gasteiger partial charge is 0.348 e. The second kappa shape index (κ2) is 11.7. The summed E-state index contributed by atoms with van der Waals surface area (Å²) < 4.78 is 1.23. The van der Waals surface area contributed by atoms with Crippen LogP contribution in [0.3, 0.4) is 0 Å². The number of anilines is 1. The highest BCUT2D eigenvalue weighted by Crippen LogP contribution is 2.41. The maximum atomic E-state index is 14.0. The van der Waals surface area contributed by atoms with Crippen LogP contribution in [0.15, 0.2) is 22.0 Å². The fourth-order valence-corrected chi connectivity index (χ4v) is 7.98. The Balaban J connectivity index is 1.62. The van der Waals surface area contributed by atoms with Crippen LogP contribution in [0.25, 0.3) is 0 Å². The summed E-state index contributed by atoms with van der Waals surface area (Å²) in [5.41, 5.74) is 2.23. The van der Waals surface area contributed by atoms with Crippen molar-refractivity contribution >= 4 is 52.0 Å². The number of carbonyl (C=O) groups is 2. The van der Waals surface area contributed by atoms with E-state index in [1.165, 1.54) is 15.5 Å². The van der Waals surface area contributed by atoms with Crippen molar-refractivity contribution in [3.05, 3.63) is 27.5 Å². The molecule has 2 aromatic heterocycles. The highest BCUT2D eigenvalue weighted by molar-refractivity contribution is 8.01. The van der Waals surface area contributed by atoms with Crippen LogP contribution < -0.4 is 4.90 Å². The summed E-state index contributed by atoms with van der Waals surface area (Å²) in [6.07, 6.45) is 9.56. The van der Waals surface area contributed by atoms with Gasteiger partial charge >= 0.3 is 5.97 Å². The molecule has 2 aromatic rings. The molecule has 0 saturated heterocycles. The summed E-state index contributed by atoms with van der Waals surface area (Å²) in [4.78, 5) is 33.4. The Hall–Kier alpha value is -1.82. The van der Waals surface area contributed by atoms with Crippen LogP contribution in [0.4, 0.5) is 5.69 Å². The van der Waals surface area contributed by atoms with Crippen molar-refractivity contribution in [1.82, 2.24) is 4.98 Å². The highest BCUT2D eigenvalue weighted by atomic mass is 32.2. The lowest BCUT2D eigenvalue weighted by molar-refractivity contribution is -0.124. The Morgan fingerprint density at radius 3 is 2.39 bits per heavy atom. The van der Waals surface area contributed by atoms with Crippen LogP contribution in [-0.4, -0.2) is 33.3 Å². The molecule has 0 unspecified atom stereocenters. The Kier molecular flexibility index (Phi) is 8.85. The predicted molar refractivity (Wildman–Crippen MR) is 150 cm³/mol. The lowest BCUT2D eigenvalue weighted by Gasteiger charge is -2.39. The summed E-state index contributed by atoms with van der Waals surface area (Å²) >= 11 is 4.74. The molecular weight excluding hydrogens is 509 g/mol. The van der Waals surface area contributed by atoms with Gasteiger partial charge in [0.05, 0.1) is 26.5 Å². The Bertz CT molecular complexity index is 1110. The number of hydrogen-bond donors (Lipinski definition) is 1. The van der Waals surface area contributed by atoms with Crippen molar-refractivity contribution in [3.63, 3.8) is 0 Å². The second-order valence-electron chi connectivity index (χ2n) is 11.2. The zero-order chi connectivity index (χ0) is 25.9. The Morgan fingerprint density at radius 1 is 1.11 bits per heavy atom. The number of aromatic nitrogens is 1. The first kappa shape index (κ1) is 27.2. The molecule has 1 N–H and O–H groups in total. The van der Waals surface area contributed by atoms with Crippen LogP contribution in [0.2, 0.25) is 0 Å². The number of amides is 1. The lowest BCUT2D eigenvalue weighted by atomic mass is 9.81. The number of rotatable bonds is 6. The van der Waals surface area contributed by atoms with Crippen molar-refractivity contribution in [2.45, 2.75) is 94.6 Å². The molecule has 8 heteroatoms. The zero-order valence-corrected chi connectivity index (χ0v) is 24.0. The molecule has 36 heavy (non-hydrogen) atoms. The normalized spacial score (nSPS) is 24.6. The van der Waals surface area contributed by atoms with Crippen molar-refractivity contribution < 1.29 is 14.7 Å². The SMILES string of the molecule is CC1CCC(C(=O)N(c2cc(C#CC(C)(C)C)sc2C(=O)O)C2CCC(Sc3cncs3)CC2)CC1. The van der Waals surface area contributed by atoms with Gasteiger partial charge in [-0.3, -0.25) is 9.78 Å². The molecule has 1 amide bonds.